The Morgan fingerprint density at radius 1 is 0.788 bits per heavy atom. The van der Waals surface area contributed by atoms with Crippen molar-refractivity contribution in [1.29, 1.82) is 0 Å². The normalized spacial score (nSPS) is 11.7. The Labute approximate surface area is 194 Å². The van der Waals surface area contributed by atoms with Crippen LogP contribution in [0, 0.1) is 5.41 Å². The molecule has 0 saturated carbocycles. The molecule has 8 nitrogen and oxygen atoms in total. The minimum absolute atomic E-state index is 0.261. The molecular weight excluding hydrogens is 464 g/mol. The molecule has 168 valence electrons. The van der Waals surface area contributed by atoms with Crippen LogP contribution in [0.2, 0.25) is 0 Å². The second-order valence-corrected chi connectivity index (χ2v) is 9.62. The molecule has 0 fully saturated rings. The Balaban J connectivity index is 1.77. The van der Waals surface area contributed by atoms with Crippen LogP contribution in [0.25, 0.3) is 20.4 Å². The average molecular weight is 483 g/mol. The van der Waals surface area contributed by atoms with E-state index in [1.165, 1.54) is 10.6 Å². The summed E-state index contributed by atoms with van der Waals surface area (Å²) in [7, 11) is 0. The average Bonchev–Trinajstić information content (AvgIpc) is 3.26. The molecule has 0 radical (unpaired) electrons. The predicted octanol–water partition coefficient (Wildman–Crippen LogP) is 2.90. The molecule has 0 spiro atoms. The van der Waals surface area contributed by atoms with E-state index in [1.54, 1.807) is 42.5 Å². The number of carbonyl (C=O) groups excluding carboxylic acids is 4. The first kappa shape index (κ1) is 22.7. The van der Waals surface area contributed by atoms with Crippen molar-refractivity contribution in [3.8, 4) is 0 Å². The van der Waals surface area contributed by atoms with E-state index in [1.807, 2.05) is 0 Å². The number of nitrogens with zero attached hydrogens (tertiary/aromatic N) is 2. The van der Waals surface area contributed by atoms with Gasteiger partial charge in [0.25, 0.3) is 5.91 Å². The van der Waals surface area contributed by atoms with E-state index in [2.05, 4.69) is 0 Å². The van der Waals surface area contributed by atoms with Crippen LogP contribution in [-0.4, -0.2) is 32.4 Å². The number of Topliss-reactive ketones (excluding diaryl/α,β-unsaturated/α-hetero) is 3. The Bertz CT molecular complexity index is 1550. The molecule has 0 aliphatic heterocycles. The molecule has 4 aromatic rings. The highest BCUT2D eigenvalue weighted by Gasteiger charge is 2.51. The Kier molecular flexibility index (Phi) is 5.81. The first-order valence-corrected chi connectivity index (χ1v) is 11.6. The maximum absolute atomic E-state index is 13.6. The van der Waals surface area contributed by atoms with Crippen molar-refractivity contribution in [3.63, 3.8) is 0 Å². The number of hydrogen-bond donors (Lipinski definition) is 0. The van der Waals surface area contributed by atoms with Crippen molar-refractivity contribution in [2.24, 2.45) is 5.41 Å². The second-order valence-electron chi connectivity index (χ2n) is 7.63. The molecule has 0 amide bonds. The number of aromatic nitrogens is 2. The van der Waals surface area contributed by atoms with Crippen LogP contribution in [0.4, 0.5) is 0 Å². The van der Waals surface area contributed by atoms with Crippen LogP contribution in [0.5, 0.6) is 0 Å². The number of fused-ring (bicyclic) bond motifs is 2. The molecule has 0 atom stereocenters. The van der Waals surface area contributed by atoms with E-state index in [-0.39, 0.29) is 10.4 Å². The summed E-state index contributed by atoms with van der Waals surface area (Å²) in [6.45, 7) is 1.70. The van der Waals surface area contributed by atoms with Crippen LogP contribution >= 0.6 is 22.7 Å². The molecule has 0 N–H and O–H groups in total. The molecule has 10 heteroatoms. The highest BCUT2D eigenvalue weighted by molar-refractivity contribution is 7.16. The van der Waals surface area contributed by atoms with Crippen molar-refractivity contribution in [3.05, 3.63) is 67.9 Å². The third-order valence-electron chi connectivity index (χ3n) is 5.63. The third kappa shape index (κ3) is 3.70. The highest BCUT2D eigenvalue weighted by atomic mass is 32.1. The van der Waals surface area contributed by atoms with Gasteiger partial charge in [0.1, 0.15) is 0 Å². The molecular formula is C23H18N2O6S2. The lowest BCUT2D eigenvalue weighted by molar-refractivity contribution is -0.139. The van der Waals surface area contributed by atoms with E-state index in [9.17, 15) is 28.8 Å². The van der Waals surface area contributed by atoms with Crippen molar-refractivity contribution in [1.82, 2.24) is 9.13 Å². The lowest BCUT2D eigenvalue weighted by Crippen LogP contribution is -2.50. The topological polar surface area (TPSA) is 112 Å². The van der Waals surface area contributed by atoms with Gasteiger partial charge in [-0.05, 0) is 38.1 Å². The van der Waals surface area contributed by atoms with Crippen LogP contribution in [0.3, 0.4) is 0 Å². The van der Waals surface area contributed by atoms with Gasteiger partial charge in [0.05, 0.1) is 27.0 Å². The molecule has 0 aliphatic rings. The van der Waals surface area contributed by atoms with Crippen molar-refractivity contribution in [2.45, 2.75) is 26.8 Å². The summed E-state index contributed by atoms with van der Waals surface area (Å²) in [6, 6.07) is 13.4. The van der Waals surface area contributed by atoms with Gasteiger partial charge in [-0.2, -0.15) is 0 Å². The van der Waals surface area contributed by atoms with Gasteiger partial charge >= 0.3 is 9.75 Å². The van der Waals surface area contributed by atoms with Crippen LogP contribution in [0.15, 0.2) is 58.1 Å². The maximum atomic E-state index is 13.6. The minimum atomic E-state index is -2.36. The molecule has 2 heterocycles. The quantitative estimate of drug-likeness (QED) is 0.375. The summed E-state index contributed by atoms with van der Waals surface area (Å²) in [4.78, 5) is 76.1. The monoisotopic (exact) mass is 482 g/mol. The minimum Gasteiger partial charge on any atom is -0.298 e. The smallest absolute Gasteiger partial charge is 0.298 e. The zero-order valence-electron chi connectivity index (χ0n) is 17.7. The summed E-state index contributed by atoms with van der Waals surface area (Å²) in [5.74, 6) is -3.37. The standard InChI is InChI=1S/C23H18N2O6S2/c1-13(26)23(14(2)27,20(29)25-17-8-4-6-10-19(17)33-22(25)31)11-15(28)12-24-16-7-3-5-9-18(16)32-21(24)30/h3-10H,11-12H2,1-2H3. The summed E-state index contributed by atoms with van der Waals surface area (Å²) in [6.07, 6.45) is -0.746. The van der Waals surface area contributed by atoms with Gasteiger partial charge < -0.3 is 0 Å². The number of benzene rings is 2. The van der Waals surface area contributed by atoms with E-state index >= 15 is 0 Å². The second kappa shape index (κ2) is 8.45. The first-order chi connectivity index (χ1) is 15.7. The third-order valence-corrected chi connectivity index (χ3v) is 7.51. The fraction of sp³-hybridized carbons (Fsp3) is 0.217. The number of rotatable bonds is 7. The lowest BCUT2D eigenvalue weighted by Gasteiger charge is -2.26. The molecule has 0 bridgehead atoms. The maximum Gasteiger partial charge on any atom is 0.315 e. The van der Waals surface area contributed by atoms with Crippen LogP contribution < -0.4 is 9.75 Å². The number of hydrogen-bond acceptors (Lipinski definition) is 8. The van der Waals surface area contributed by atoms with Crippen LogP contribution in [-0.2, 0) is 20.9 Å². The van der Waals surface area contributed by atoms with Gasteiger partial charge in [-0.15, -0.1) is 0 Å². The molecule has 4 rings (SSSR count). The zero-order chi connectivity index (χ0) is 23.9. The van der Waals surface area contributed by atoms with E-state index in [0.717, 1.165) is 41.1 Å². The van der Waals surface area contributed by atoms with Crippen molar-refractivity contribution in [2.75, 3.05) is 0 Å². The van der Waals surface area contributed by atoms with Gasteiger partial charge in [0, 0.05) is 6.42 Å². The summed E-state index contributed by atoms with van der Waals surface area (Å²) >= 11 is 1.78. The number of thiazole rings is 2. The van der Waals surface area contributed by atoms with Gasteiger partial charge in [-0.25, -0.2) is 4.57 Å². The van der Waals surface area contributed by atoms with E-state index < -0.39 is 46.5 Å². The van der Waals surface area contributed by atoms with Gasteiger partial charge in [0.15, 0.2) is 22.8 Å². The molecule has 0 saturated heterocycles. The van der Waals surface area contributed by atoms with E-state index in [0.29, 0.717) is 14.9 Å². The van der Waals surface area contributed by atoms with Gasteiger partial charge in [0.2, 0.25) is 0 Å². The predicted molar refractivity (Wildman–Crippen MR) is 126 cm³/mol. The van der Waals surface area contributed by atoms with Crippen molar-refractivity contribution < 1.29 is 19.2 Å². The summed E-state index contributed by atoms with van der Waals surface area (Å²) in [5.41, 5.74) is -1.56. The van der Waals surface area contributed by atoms with Gasteiger partial charge in [-0.1, -0.05) is 46.9 Å². The SMILES string of the molecule is CC(=O)C(CC(=O)Cn1c(=O)sc2ccccc21)(C(C)=O)C(=O)n1c(=O)sc2ccccc21. The number of para-hydroxylation sites is 2. The highest BCUT2D eigenvalue weighted by Crippen LogP contribution is 2.31. The van der Waals surface area contributed by atoms with E-state index in [4.69, 9.17) is 0 Å². The Morgan fingerprint density at radius 3 is 1.91 bits per heavy atom. The van der Waals surface area contributed by atoms with Crippen LogP contribution in [0.1, 0.15) is 25.1 Å². The Morgan fingerprint density at radius 2 is 1.30 bits per heavy atom. The Hall–Kier alpha value is -3.50. The molecule has 2 aromatic carbocycles. The number of carbonyl (C=O) groups is 4. The molecule has 2 aromatic heterocycles. The first-order valence-electron chi connectivity index (χ1n) is 9.94. The summed E-state index contributed by atoms with van der Waals surface area (Å²) in [5, 5.41) is 0. The fourth-order valence-electron chi connectivity index (χ4n) is 3.91. The molecule has 0 aliphatic carbocycles. The largest absolute Gasteiger partial charge is 0.315 e. The summed E-state index contributed by atoms with van der Waals surface area (Å²) < 4.78 is 3.25. The lowest BCUT2D eigenvalue weighted by atomic mass is 9.74. The fourth-order valence-corrected chi connectivity index (χ4v) is 5.68. The van der Waals surface area contributed by atoms with Gasteiger partial charge in [-0.3, -0.25) is 33.3 Å². The molecule has 33 heavy (non-hydrogen) atoms. The van der Waals surface area contributed by atoms with Crippen molar-refractivity contribution >= 4 is 66.4 Å². The molecule has 0 unspecified atom stereocenters. The zero-order valence-corrected chi connectivity index (χ0v) is 19.3. The number of ketones is 3.